The van der Waals surface area contributed by atoms with Crippen molar-refractivity contribution in [1.82, 2.24) is 4.57 Å². The molecule has 9 aromatic carbocycles. The first-order valence-corrected chi connectivity index (χ1v) is 18.3. The van der Waals surface area contributed by atoms with Crippen molar-refractivity contribution in [3.05, 3.63) is 182 Å². The van der Waals surface area contributed by atoms with Crippen molar-refractivity contribution in [3.63, 3.8) is 0 Å². The summed E-state index contributed by atoms with van der Waals surface area (Å²) >= 11 is 1.88. The van der Waals surface area contributed by atoms with Crippen molar-refractivity contribution in [2.24, 2.45) is 0 Å². The Kier molecular flexibility index (Phi) is 6.16. The molecule has 2 aromatic heterocycles. The summed E-state index contributed by atoms with van der Waals surface area (Å²) in [5, 5.41) is 12.7. The van der Waals surface area contributed by atoms with Crippen molar-refractivity contribution in [2.75, 3.05) is 4.90 Å². The van der Waals surface area contributed by atoms with E-state index in [0.717, 1.165) is 17.1 Å². The maximum atomic E-state index is 2.50. The zero-order valence-electron chi connectivity index (χ0n) is 27.6. The minimum atomic E-state index is 1.13. The summed E-state index contributed by atoms with van der Waals surface area (Å²) in [6, 6.07) is 66.8. The van der Waals surface area contributed by atoms with E-state index in [0.29, 0.717) is 0 Å². The van der Waals surface area contributed by atoms with Crippen LogP contribution in [0.15, 0.2) is 182 Å². The first kappa shape index (κ1) is 28.4. The van der Waals surface area contributed by atoms with Crippen LogP contribution in [0.5, 0.6) is 0 Å². The number of fused-ring (bicyclic) bond motifs is 11. The molecule has 0 saturated carbocycles. The first-order chi connectivity index (χ1) is 25.3. The second-order valence-electron chi connectivity index (χ2n) is 13.3. The van der Waals surface area contributed by atoms with E-state index in [2.05, 4.69) is 191 Å². The Morgan fingerprint density at radius 1 is 0.392 bits per heavy atom. The normalized spacial score (nSPS) is 11.9. The van der Waals surface area contributed by atoms with E-state index in [1.807, 2.05) is 11.3 Å². The molecule has 238 valence electrons. The third-order valence-corrected chi connectivity index (χ3v) is 11.7. The smallest absolute Gasteiger partial charge is 0.0782 e. The Bertz CT molecular complexity index is 3150. The van der Waals surface area contributed by atoms with Gasteiger partial charge in [-0.25, -0.2) is 0 Å². The maximum Gasteiger partial charge on any atom is 0.0782 e. The molecule has 2 nitrogen and oxygen atoms in total. The summed E-state index contributed by atoms with van der Waals surface area (Å²) in [6.45, 7) is 0. The standard InChI is InChI=1S/C48H30N2S/c1-2-13-33(14-3-1)50-43-20-8-6-16-39(43)41-18-10-21-44(47(41)50)49(45-22-11-19-42-40-17-7-9-23-46(40)51-48(42)45)34-26-29-36-32(30-34)25-28-37-35-15-5-4-12-31(35)24-27-38(36)37/h1-30H. The minimum absolute atomic E-state index is 1.13. The summed E-state index contributed by atoms with van der Waals surface area (Å²) < 4.78 is 5.02. The molecule has 0 fully saturated rings. The van der Waals surface area contributed by atoms with Crippen LogP contribution in [0.4, 0.5) is 17.1 Å². The van der Waals surface area contributed by atoms with Crippen LogP contribution in [0, 0.1) is 0 Å². The van der Waals surface area contributed by atoms with Crippen LogP contribution in [-0.2, 0) is 0 Å². The van der Waals surface area contributed by atoms with Crippen molar-refractivity contribution in [1.29, 1.82) is 0 Å². The molecule has 0 radical (unpaired) electrons. The number of thiophene rings is 1. The molecular formula is C48H30N2S. The lowest BCUT2D eigenvalue weighted by atomic mass is 9.96. The van der Waals surface area contributed by atoms with Gasteiger partial charge in [0.25, 0.3) is 0 Å². The molecule has 2 heterocycles. The van der Waals surface area contributed by atoms with E-state index >= 15 is 0 Å². The quantitative estimate of drug-likeness (QED) is 0.170. The van der Waals surface area contributed by atoms with Gasteiger partial charge in [0.05, 0.1) is 27.1 Å². The van der Waals surface area contributed by atoms with Crippen molar-refractivity contribution in [3.8, 4) is 5.69 Å². The van der Waals surface area contributed by atoms with E-state index in [4.69, 9.17) is 0 Å². The topological polar surface area (TPSA) is 8.17 Å². The lowest BCUT2D eigenvalue weighted by molar-refractivity contribution is 1.17. The average Bonchev–Trinajstić information content (AvgIpc) is 3.75. The van der Waals surface area contributed by atoms with Crippen LogP contribution in [0.2, 0.25) is 0 Å². The number of hydrogen-bond donors (Lipinski definition) is 0. The largest absolute Gasteiger partial charge is 0.307 e. The summed E-state index contributed by atoms with van der Waals surface area (Å²) in [6.07, 6.45) is 0. The summed E-state index contributed by atoms with van der Waals surface area (Å²) in [5.74, 6) is 0. The molecule has 11 aromatic rings. The maximum absolute atomic E-state index is 2.50. The van der Waals surface area contributed by atoms with Crippen LogP contribution < -0.4 is 4.90 Å². The monoisotopic (exact) mass is 666 g/mol. The number of aromatic nitrogens is 1. The van der Waals surface area contributed by atoms with Crippen LogP contribution in [0.25, 0.3) is 80.0 Å². The van der Waals surface area contributed by atoms with Gasteiger partial charge in [0.1, 0.15) is 0 Å². The number of rotatable bonds is 4. The highest BCUT2D eigenvalue weighted by Gasteiger charge is 2.24. The van der Waals surface area contributed by atoms with Crippen molar-refractivity contribution in [2.45, 2.75) is 0 Å². The zero-order valence-corrected chi connectivity index (χ0v) is 28.4. The van der Waals surface area contributed by atoms with E-state index in [1.54, 1.807) is 0 Å². The molecular weight excluding hydrogens is 637 g/mol. The van der Waals surface area contributed by atoms with Gasteiger partial charge in [-0.1, -0.05) is 133 Å². The second-order valence-corrected chi connectivity index (χ2v) is 14.4. The number of hydrogen-bond acceptors (Lipinski definition) is 2. The van der Waals surface area contributed by atoms with Gasteiger partial charge in [-0.2, -0.15) is 0 Å². The molecule has 0 saturated heterocycles. The number of para-hydroxylation sites is 3. The van der Waals surface area contributed by atoms with Crippen LogP contribution in [0.3, 0.4) is 0 Å². The van der Waals surface area contributed by atoms with Crippen LogP contribution in [-0.4, -0.2) is 4.57 Å². The molecule has 0 unspecified atom stereocenters. The van der Waals surface area contributed by atoms with Crippen molar-refractivity contribution < 1.29 is 0 Å². The van der Waals surface area contributed by atoms with Gasteiger partial charge in [0, 0.05) is 37.6 Å². The molecule has 3 heteroatoms. The van der Waals surface area contributed by atoms with E-state index < -0.39 is 0 Å². The van der Waals surface area contributed by atoms with Crippen LogP contribution >= 0.6 is 11.3 Å². The molecule has 0 spiro atoms. The lowest BCUT2D eigenvalue weighted by Gasteiger charge is -2.28. The Labute approximate surface area is 298 Å². The number of nitrogens with zero attached hydrogens (tertiary/aromatic N) is 2. The molecule has 0 aliphatic rings. The zero-order chi connectivity index (χ0) is 33.5. The minimum Gasteiger partial charge on any atom is -0.307 e. The van der Waals surface area contributed by atoms with Gasteiger partial charge in [-0.15, -0.1) is 11.3 Å². The summed E-state index contributed by atoms with van der Waals surface area (Å²) in [4.78, 5) is 2.50. The Hall–Kier alpha value is -6.42. The highest BCUT2D eigenvalue weighted by Crippen LogP contribution is 2.48. The van der Waals surface area contributed by atoms with Crippen molar-refractivity contribution >= 4 is 103 Å². The predicted molar refractivity (Wildman–Crippen MR) is 221 cm³/mol. The molecule has 0 atom stereocenters. The van der Waals surface area contributed by atoms with Gasteiger partial charge in [-0.3, -0.25) is 0 Å². The lowest BCUT2D eigenvalue weighted by Crippen LogP contribution is -2.12. The SMILES string of the molecule is c1ccc(-n2c3ccccc3c3cccc(N(c4ccc5c(ccc6c7ccccc7ccc56)c4)c4cccc5c4sc4ccccc45)c32)cc1. The molecule has 0 aliphatic carbocycles. The number of benzene rings is 9. The third-order valence-electron chi connectivity index (χ3n) is 10.5. The molecule has 51 heavy (non-hydrogen) atoms. The highest BCUT2D eigenvalue weighted by molar-refractivity contribution is 7.26. The van der Waals surface area contributed by atoms with Gasteiger partial charge in [-0.05, 0) is 80.8 Å². The fourth-order valence-electron chi connectivity index (χ4n) is 8.30. The van der Waals surface area contributed by atoms with Gasteiger partial charge in [0.2, 0.25) is 0 Å². The Morgan fingerprint density at radius 2 is 1.02 bits per heavy atom. The Balaban J connectivity index is 1.24. The summed E-state index contributed by atoms with van der Waals surface area (Å²) in [7, 11) is 0. The molecule has 11 rings (SSSR count). The third kappa shape index (κ3) is 4.22. The average molecular weight is 667 g/mol. The fourth-order valence-corrected chi connectivity index (χ4v) is 9.50. The fraction of sp³-hybridized carbons (Fsp3) is 0. The van der Waals surface area contributed by atoms with Crippen LogP contribution in [0.1, 0.15) is 0 Å². The van der Waals surface area contributed by atoms with E-state index in [9.17, 15) is 0 Å². The van der Waals surface area contributed by atoms with Gasteiger partial charge < -0.3 is 9.47 Å². The molecule has 0 aliphatic heterocycles. The van der Waals surface area contributed by atoms with Gasteiger partial charge >= 0.3 is 0 Å². The highest BCUT2D eigenvalue weighted by atomic mass is 32.1. The van der Waals surface area contributed by atoms with E-state index in [-0.39, 0.29) is 0 Å². The Morgan fingerprint density at radius 3 is 1.88 bits per heavy atom. The second kappa shape index (κ2) is 11.0. The molecule has 0 N–H and O–H groups in total. The first-order valence-electron chi connectivity index (χ1n) is 17.4. The molecule has 0 amide bonds. The summed E-state index contributed by atoms with van der Waals surface area (Å²) in [5.41, 5.74) is 6.98. The molecule has 0 bridgehead atoms. The number of anilines is 3. The van der Waals surface area contributed by atoms with Gasteiger partial charge in [0.15, 0.2) is 0 Å². The predicted octanol–water partition coefficient (Wildman–Crippen LogP) is 14.1. The van der Waals surface area contributed by atoms with E-state index in [1.165, 1.54) is 80.0 Å².